The molecule has 2 aromatic rings. The van der Waals surface area contributed by atoms with Crippen LogP contribution in [0.15, 0.2) is 18.2 Å². The topological polar surface area (TPSA) is 55.6 Å². The van der Waals surface area contributed by atoms with Gasteiger partial charge in [0, 0.05) is 18.3 Å². The van der Waals surface area contributed by atoms with Gasteiger partial charge in [0.15, 0.2) is 0 Å². The van der Waals surface area contributed by atoms with Crippen molar-refractivity contribution < 1.29 is 9.53 Å². The van der Waals surface area contributed by atoms with Crippen molar-refractivity contribution in [3.05, 3.63) is 23.1 Å². The van der Waals surface area contributed by atoms with Gasteiger partial charge in [0.25, 0.3) is 5.91 Å². The molecule has 0 bridgehead atoms. The van der Waals surface area contributed by atoms with E-state index in [0.29, 0.717) is 16.3 Å². The van der Waals surface area contributed by atoms with E-state index in [1.54, 1.807) is 12.0 Å². The number of methoxy groups -OCH3 is 1. The molecule has 0 aliphatic heterocycles. The fraction of sp³-hybridized carbons (Fsp3) is 0.438. The number of amides is 1. The van der Waals surface area contributed by atoms with E-state index < -0.39 is 0 Å². The van der Waals surface area contributed by atoms with Crippen LogP contribution in [0.5, 0.6) is 5.75 Å². The van der Waals surface area contributed by atoms with Gasteiger partial charge in [-0.15, -0.1) is 11.3 Å². The lowest BCUT2D eigenvalue weighted by atomic mass is 10.2. The zero-order chi connectivity index (χ0) is 15.4. The lowest BCUT2D eigenvalue weighted by Crippen LogP contribution is -2.27. The third-order valence-corrected chi connectivity index (χ3v) is 4.73. The van der Waals surface area contributed by atoms with Crippen molar-refractivity contribution in [2.24, 2.45) is 0 Å². The summed E-state index contributed by atoms with van der Waals surface area (Å²) in [7, 11) is 3.45. The molecule has 1 aromatic carbocycles. The van der Waals surface area contributed by atoms with Gasteiger partial charge >= 0.3 is 0 Å². The molecule has 1 amide bonds. The predicted octanol–water partition coefficient (Wildman–Crippen LogP) is 3.75. The van der Waals surface area contributed by atoms with Crippen molar-refractivity contribution in [3.8, 4) is 5.75 Å². The zero-order valence-electron chi connectivity index (χ0n) is 12.8. The Kier molecular flexibility index (Phi) is 5.07. The summed E-state index contributed by atoms with van der Waals surface area (Å²) in [5, 5.41) is 0.843. The number of carbonyl (C=O) groups excluding carboxylic acids is 1. The Hall–Kier alpha value is -1.75. The number of benzene rings is 1. The van der Waals surface area contributed by atoms with Gasteiger partial charge in [-0.3, -0.25) is 4.79 Å². The van der Waals surface area contributed by atoms with Gasteiger partial charge in [-0.1, -0.05) is 25.8 Å². The highest BCUT2D eigenvalue weighted by Gasteiger charge is 2.21. The van der Waals surface area contributed by atoms with Crippen LogP contribution in [0.1, 0.15) is 35.9 Å². The maximum absolute atomic E-state index is 12.5. The Morgan fingerprint density at radius 2 is 2.14 bits per heavy atom. The quantitative estimate of drug-likeness (QED) is 0.827. The molecular weight excluding hydrogens is 284 g/mol. The highest BCUT2D eigenvalue weighted by molar-refractivity contribution is 7.21. The molecule has 0 unspecified atom stereocenters. The molecule has 4 nitrogen and oxygen atoms in total. The minimum atomic E-state index is -0.00754. The first-order chi connectivity index (χ1) is 10.1. The molecule has 0 spiro atoms. The first kappa shape index (κ1) is 15.6. The molecule has 0 saturated heterocycles. The van der Waals surface area contributed by atoms with Crippen LogP contribution < -0.4 is 10.5 Å². The summed E-state index contributed by atoms with van der Waals surface area (Å²) >= 11 is 1.43. The second-order valence-corrected chi connectivity index (χ2v) is 6.16. The molecule has 0 aliphatic rings. The van der Waals surface area contributed by atoms with Gasteiger partial charge in [-0.25, -0.2) is 0 Å². The molecule has 1 heterocycles. The maximum atomic E-state index is 12.5. The molecule has 114 valence electrons. The van der Waals surface area contributed by atoms with E-state index in [4.69, 9.17) is 10.5 Å². The molecule has 0 radical (unpaired) electrons. The second kappa shape index (κ2) is 6.80. The van der Waals surface area contributed by atoms with Crippen LogP contribution in [-0.2, 0) is 0 Å². The number of carbonyl (C=O) groups is 1. The average molecular weight is 306 g/mol. The largest absolute Gasteiger partial charge is 0.496 e. The van der Waals surface area contributed by atoms with Gasteiger partial charge in [0.2, 0.25) is 0 Å². The van der Waals surface area contributed by atoms with Gasteiger partial charge < -0.3 is 15.4 Å². The van der Waals surface area contributed by atoms with Crippen molar-refractivity contribution in [1.29, 1.82) is 0 Å². The normalized spacial score (nSPS) is 10.8. The van der Waals surface area contributed by atoms with Gasteiger partial charge in [-0.2, -0.15) is 0 Å². The number of ether oxygens (including phenoxy) is 1. The number of anilines is 1. The molecule has 0 atom stereocenters. The van der Waals surface area contributed by atoms with Gasteiger partial charge in [0.05, 0.1) is 18.2 Å². The minimum Gasteiger partial charge on any atom is -0.496 e. The standard InChI is InChI=1S/C16H22N2O2S/c1-4-5-6-10-18(2)16(19)15-14(17)13-11(20-3)8-7-9-12(13)21-15/h7-9H,4-6,10,17H2,1-3H3. The van der Waals surface area contributed by atoms with E-state index in [-0.39, 0.29) is 5.91 Å². The minimum absolute atomic E-state index is 0.00754. The molecule has 2 rings (SSSR count). The van der Waals surface area contributed by atoms with Gasteiger partial charge in [-0.05, 0) is 18.6 Å². The Bertz CT molecular complexity index is 636. The summed E-state index contributed by atoms with van der Waals surface area (Å²) in [5.74, 6) is 0.709. The summed E-state index contributed by atoms with van der Waals surface area (Å²) in [6, 6.07) is 5.74. The molecule has 0 fully saturated rings. The Morgan fingerprint density at radius 1 is 1.38 bits per heavy atom. The number of hydrogen-bond acceptors (Lipinski definition) is 4. The van der Waals surface area contributed by atoms with Crippen LogP contribution in [0.3, 0.4) is 0 Å². The number of rotatable bonds is 6. The lowest BCUT2D eigenvalue weighted by Gasteiger charge is -2.16. The van der Waals surface area contributed by atoms with Crippen LogP contribution in [0.4, 0.5) is 5.69 Å². The van der Waals surface area contributed by atoms with Crippen LogP contribution in [-0.4, -0.2) is 31.5 Å². The van der Waals surface area contributed by atoms with Crippen molar-refractivity contribution in [2.45, 2.75) is 26.2 Å². The van der Waals surface area contributed by atoms with Crippen LogP contribution in [0.2, 0.25) is 0 Å². The molecule has 0 saturated carbocycles. The molecule has 5 heteroatoms. The monoisotopic (exact) mass is 306 g/mol. The van der Waals surface area contributed by atoms with E-state index in [1.807, 2.05) is 25.2 Å². The summed E-state index contributed by atoms with van der Waals surface area (Å²) in [6.45, 7) is 2.91. The summed E-state index contributed by atoms with van der Waals surface area (Å²) in [4.78, 5) is 14.9. The Balaban J connectivity index is 2.30. The number of nitrogen functional groups attached to an aromatic ring is 1. The number of fused-ring (bicyclic) bond motifs is 1. The third kappa shape index (κ3) is 3.13. The molecule has 21 heavy (non-hydrogen) atoms. The number of thiophene rings is 1. The van der Waals surface area contributed by atoms with Crippen molar-refractivity contribution in [3.63, 3.8) is 0 Å². The fourth-order valence-corrected chi connectivity index (χ4v) is 3.48. The molecular formula is C16H22N2O2S. The molecule has 0 aliphatic carbocycles. The summed E-state index contributed by atoms with van der Waals surface area (Å²) in [6.07, 6.45) is 3.30. The highest BCUT2D eigenvalue weighted by atomic mass is 32.1. The van der Waals surface area contributed by atoms with E-state index in [2.05, 4.69) is 6.92 Å². The van der Waals surface area contributed by atoms with Crippen molar-refractivity contribution in [2.75, 3.05) is 26.4 Å². The fourth-order valence-electron chi connectivity index (χ4n) is 2.34. The molecule has 1 aromatic heterocycles. The first-order valence-corrected chi connectivity index (χ1v) is 8.02. The van der Waals surface area contributed by atoms with Crippen LogP contribution in [0.25, 0.3) is 10.1 Å². The van der Waals surface area contributed by atoms with Crippen molar-refractivity contribution >= 4 is 33.0 Å². The summed E-state index contributed by atoms with van der Waals surface area (Å²) < 4.78 is 6.33. The summed E-state index contributed by atoms with van der Waals surface area (Å²) in [5.41, 5.74) is 6.72. The maximum Gasteiger partial charge on any atom is 0.265 e. The lowest BCUT2D eigenvalue weighted by molar-refractivity contribution is 0.0798. The first-order valence-electron chi connectivity index (χ1n) is 7.20. The Morgan fingerprint density at radius 3 is 2.81 bits per heavy atom. The van der Waals surface area contributed by atoms with Gasteiger partial charge in [0.1, 0.15) is 10.6 Å². The van der Waals surface area contributed by atoms with E-state index in [0.717, 1.165) is 35.9 Å². The van der Waals surface area contributed by atoms with E-state index in [9.17, 15) is 4.79 Å². The number of nitrogens with two attached hydrogens (primary N) is 1. The Labute approximate surface area is 129 Å². The highest BCUT2D eigenvalue weighted by Crippen LogP contribution is 2.39. The SMILES string of the molecule is CCCCCN(C)C(=O)c1sc2cccc(OC)c2c1N. The number of hydrogen-bond donors (Lipinski definition) is 1. The van der Waals surface area contributed by atoms with Crippen LogP contribution in [0, 0.1) is 0 Å². The van der Waals surface area contributed by atoms with E-state index >= 15 is 0 Å². The van der Waals surface area contributed by atoms with Crippen molar-refractivity contribution in [1.82, 2.24) is 4.90 Å². The van der Waals surface area contributed by atoms with E-state index in [1.165, 1.54) is 11.3 Å². The predicted molar refractivity (Wildman–Crippen MR) is 89.3 cm³/mol. The zero-order valence-corrected chi connectivity index (χ0v) is 13.6. The number of unbranched alkanes of at least 4 members (excludes halogenated alkanes) is 2. The second-order valence-electron chi connectivity index (χ2n) is 5.11. The smallest absolute Gasteiger partial charge is 0.265 e. The average Bonchev–Trinajstić information content (AvgIpc) is 2.84. The van der Waals surface area contributed by atoms with Crippen LogP contribution >= 0.6 is 11.3 Å². The molecule has 2 N–H and O–H groups in total. The third-order valence-electron chi connectivity index (χ3n) is 3.57. The number of nitrogens with zero attached hydrogens (tertiary/aromatic N) is 1.